The molecule has 9 nitrogen and oxygen atoms in total. The van der Waals surface area contributed by atoms with Gasteiger partial charge in [-0.2, -0.15) is 9.78 Å². The Morgan fingerprint density at radius 2 is 2.00 bits per heavy atom. The quantitative estimate of drug-likeness (QED) is 0.498. The Morgan fingerprint density at radius 1 is 1.29 bits per heavy atom. The highest BCUT2D eigenvalue weighted by molar-refractivity contribution is 5.93. The molecule has 3 aromatic rings. The lowest BCUT2D eigenvalue weighted by molar-refractivity contribution is -0.389. The predicted octanol–water partition coefficient (Wildman–Crippen LogP) is 3.24. The molecule has 0 aliphatic carbocycles. The number of carbonyl (C=O) groups is 1. The summed E-state index contributed by atoms with van der Waals surface area (Å²) in [6.07, 6.45) is 3.78. The number of nitrogens with zero attached hydrogens (tertiary/aromatic N) is 5. The minimum atomic E-state index is -0.644. The van der Waals surface area contributed by atoms with Crippen LogP contribution in [0.25, 0.3) is 0 Å². The predicted molar refractivity (Wildman–Crippen MR) is 104 cm³/mol. The van der Waals surface area contributed by atoms with Gasteiger partial charge in [0.05, 0.1) is 35.3 Å². The number of carbonyl (C=O) groups excluding carboxylic acids is 1. The summed E-state index contributed by atoms with van der Waals surface area (Å²) < 4.78 is 3.13. The summed E-state index contributed by atoms with van der Waals surface area (Å²) in [5.74, 6) is -0.562. The van der Waals surface area contributed by atoms with Gasteiger partial charge in [0.2, 0.25) is 0 Å². The highest BCUT2D eigenvalue weighted by Gasteiger charge is 2.27. The molecule has 1 N–H and O–H groups in total. The molecule has 0 fully saturated rings. The molecule has 1 atom stereocenters. The van der Waals surface area contributed by atoms with E-state index in [4.69, 9.17) is 0 Å². The van der Waals surface area contributed by atoms with Gasteiger partial charge in [0.1, 0.15) is 0 Å². The molecule has 0 spiro atoms. The van der Waals surface area contributed by atoms with Gasteiger partial charge in [-0.05, 0) is 30.8 Å². The topological polar surface area (TPSA) is 108 Å². The molecule has 2 heterocycles. The number of aryl methyl sites for hydroxylation is 2. The van der Waals surface area contributed by atoms with E-state index >= 15 is 0 Å². The van der Waals surface area contributed by atoms with Crippen molar-refractivity contribution in [2.24, 2.45) is 0 Å². The Bertz CT molecular complexity index is 990. The zero-order valence-corrected chi connectivity index (χ0v) is 16.0. The van der Waals surface area contributed by atoms with E-state index in [1.807, 2.05) is 38.1 Å². The van der Waals surface area contributed by atoms with E-state index in [-0.39, 0.29) is 11.7 Å². The van der Waals surface area contributed by atoms with Crippen LogP contribution in [0.3, 0.4) is 0 Å². The summed E-state index contributed by atoms with van der Waals surface area (Å²) in [4.78, 5) is 23.1. The molecule has 146 valence electrons. The molecule has 1 unspecified atom stereocenters. The molecule has 9 heteroatoms. The molecule has 0 saturated heterocycles. The molecule has 1 aromatic carbocycles. The van der Waals surface area contributed by atoms with Crippen molar-refractivity contribution in [2.45, 2.75) is 39.8 Å². The van der Waals surface area contributed by atoms with E-state index in [1.54, 1.807) is 24.0 Å². The molecule has 0 aliphatic heterocycles. The molecular weight excluding hydrogens is 360 g/mol. The molecular formula is C19H22N6O3. The number of amides is 1. The summed E-state index contributed by atoms with van der Waals surface area (Å²) in [7, 11) is 0. The van der Waals surface area contributed by atoms with E-state index in [9.17, 15) is 14.9 Å². The van der Waals surface area contributed by atoms with Crippen LogP contribution in [0.4, 0.5) is 11.5 Å². The Balaban J connectivity index is 1.70. The minimum absolute atomic E-state index is 0.269. The highest BCUT2D eigenvalue weighted by atomic mass is 16.6. The van der Waals surface area contributed by atoms with Gasteiger partial charge >= 0.3 is 5.82 Å². The summed E-state index contributed by atoms with van der Waals surface area (Å²) >= 11 is 0. The largest absolute Gasteiger partial charge is 0.390 e. The van der Waals surface area contributed by atoms with Gasteiger partial charge in [-0.3, -0.25) is 9.48 Å². The van der Waals surface area contributed by atoms with Gasteiger partial charge in [-0.1, -0.05) is 36.8 Å². The average molecular weight is 382 g/mol. The normalized spacial score (nSPS) is 12.0. The van der Waals surface area contributed by atoms with Crippen LogP contribution in [0, 0.1) is 24.0 Å². The van der Waals surface area contributed by atoms with Crippen molar-refractivity contribution in [3.8, 4) is 0 Å². The van der Waals surface area contributed by atoms with E-state index in [0.717, 1.165) is 5.56 Å². The van der Waals surface area contributed by atoms with Crippen molar-refractivity contribution in [2.75, 3.05) is 5.32 Å². The van der Waals surface area contributed by atoms with E-state index in [0.29, 0.717) is 24.3 Å². The average Bonchev–Trinajstić information content (AvgIpc) is 3.25. The van der Waals surface area contributed by atoms with Crippen LogP contribution >= 0.6 is 0 Å². The van der Waals surface area contributed by atoms with E-state index in [1.165, 1.54) is 16.3 Å². The molecule has 0 saturated carbocycles. The van der Waals surface area contributed by atoms with Crippen molar-refractivity contribution in [1.29, 1.82) is 0 Å². The number of nitrogens with one attached hydrogen (secondary N) is 1. The number of nitro groups is 1. The maximum Gasteiger partial charge on any atom is 0.390 e. The van der Waals surface area contributed by atoms with Crippen molar-refractivity contribution in [1.82, 2.24) is 19.6 Å². The number of rotatable bonds is 7. The van der Waals surface area contributed by atoms with Crippen LogP contribution < -0.4 is 5.32 Å². The summed E-state index contributed by atoms with van der Waals surface area (Å²) in [5.41, 5.74) is 3.42. The number of hydrogen-bond acceptors (Lipinski definition) is 5. The molecule has 2 aromatic heterocycles. The first-order valence-electron chi connectivity index (χ1n) is 8.96. The Morgan fingerprint density at radius 3 is 2.61 bits per heavy atom. The third-order valence-corrected chi connectivity index (χ3v) is 4.45. The van der Waals surface area contributed by atoms with Crippen LogP contribution in [-0.2, 0) is 11.3 Å². The Labute approximate surface area is 162 Å². The van der Waals surface area contributed by atoms with Crippen LogP contribution in [0.5, 0.6) is 0 Å². The van der Waals surface area contributed by atoms with Crippen molar-refractivity contribution >= 4 is 17.4 Å². The molecule has 1 amide bonds. The molecule has 0 aliphatic rings. The number of benzene rings is 1. The smallest absolute Gasteiger partial charge is 0.358 e. The number of aromatic nitrogens is 4. The third kappa shape index (κ3) is 4.25. The fourth-order valence-electron chi connectivity index (χ4n) is 2.97. The molecule has 0 radical (unpaired) electrons. The molecule has 28 heavy (non-hydrogen) atoms. The maximum absolute atomic E-state index is 12.7. The van der Waals surface area contributed by atoms with Gasteiger partial charge in [0, 0.05) is 6.20 Å². The van der Waals surface area contributed by atoms with Crippen molar-refractivity contribution in [3.63, 3.8) is 0 Å². The Kier molecular flexibility index (Phi) is 5.53. The fourth-order valence-corrected chi connectivity index (χ4v) is 2.97. The van der Waals surface area contributed by atoms with Crippen LogP contribution in [0.1, 0.15) is 36.2 Å². The second-order valence-corrected chi connectivity index (χ2v) is 6.67. The van der Waals surface area contributed by atoms with Crippen LogP contribution in [0.15, 0.2) is 42.7 Å². The first-order valence-corrected chi connectivity index (χ1v) is 8.96. The second kappa shape index (κ2) is 8.03. The zero-order chi connectivity index (χ0) is 20.3. The number of anilines is 1. The lowest BCUT2D eigenvalue weighted by atomic mass is 10.1. The van der Waals surface area contributed by atoms with Crippen molar-refractivity contribution < 1.29 is 9.72 Å². The minimum Gasteiger partial charge on any atom is -0.358 e. The Hall–Kier alpha value is -3.49. The lowest BCUT2D eigenvalue weighted by Gasteiger charge is -2.13. The van der Waals surface area contributed by atoms with Gasteiger partial charge < -0.3 is 15.4 Å². The fraction of sp³-hybridized carbons (Fsp3) is 0.316. The molecule has 3 rings (SSSR count). The second-order valence-electron chi connectivity index (χ2n) is 6.67. The van der Waals surface area contributed by atoms with Crippen LogP contribution in [-0.4, -0.2) is 30.4 Å². The third-order valence-electron chi connectivity index (χ3n) is 4.45. The number of hydrogen-bond donors (Lipinski definition) is 1. The standard InChI is InChI=1S/C19H22N6O3/c1-4-17(24-14(3)9-18(22-24)25(27)28)19(26)21-16-10-20-23(12-16)11-15-7-5-13(2)6-8-15/h5-10,12,17H,4,11H2,1-3H3,(H,21,26). The van der Waals surface area contributed by atoms with Gasteiger partial charge in [-0.25, -0.2) is 0 Å². The van der Waals surface area contributed by atoms with Gasteiger partial charge in [-0.15, -0.1) is 0 Å². The van der Waals surface area contributed by atoms with Crippen molar-refractivity contribution in [3.05, 3.63) is 69.7 Å². The van der Waals surface area contributed by atoms with E-state index < -0.39 is 11.0 Å². The first-order chi connectivity index (χ1) is 13.4. The van der Waals surface area contributed by atoms with Crippen LogP contribution in [0.2, 0.25) is 0 Å². The first kappa shape index (κ1) is 19.3. The summed E-state index contributed by atoms with van der Waals surface area (Å²) in [6, 6.07) is 8.87. The summed E-state index contributed by atoms with van der Waals surface area (Å²) in [6.45, 7) is 6.15. The lowest BCUT2D eigenvalue weighted by Crippen LogP contribution is -2.27. The highest BCUT2D eigenvalue weighted by Crippen LogP contribution is 2.20. The van der Waals surface area contributed by atoms with E-state index in [2.05, 4.69) is 15.5 Å². The van der Waals surface area contributed by atoms with Gasteiger partial charge in [0.25, 0.3) is 5.91 Å². The maximum atomic E-state index is 12.7. The summed E-state index contributed by atoms with van der Waals surface area (Å²) in [5, 5.41) is 22.0. The van der Waals surface area contributed by atoms with Gasteiger partial charge in [0.15, 0.2) is 6.04 Å². The molecule has 0 bridgehead atoms. The monoisotopic (exact) mass is 382 g/mol. The zero-order valence-electron chi connectivity index (χ0n) is 16.0. The SMILES string of the molecule is CCC(C(=O)Nc1cnn(Cc2ccc(C)cc2)c1)n1nc([N+](=O)[O-])cc1C.